The average molecular weight is 367 g/mol. The third kappa shape index (κ3) is 5.12. The van der Waals surface area contributed by atoms with Crippen LogP contribution in [0.3, 0.4) is 0 Å². The van der Waals surface area contributed by atoms with Gasteiger partial charge in [-0.3, -0.25) is 0 Å². The van der Waals surface area contributed by atoms with E-state index in [-0.39, 0.29) is 5.57 Å². The molecule has 0 amide bonds. The second-order valence-electron chi connectivity index (χ2n) is 7.34. The van der Waals surface area contributed by atoms with Crippen LogP contribution >= 0.6 is 0 Å². The lowest BCUT2D eigenvalue weighted by Gasteiger charge is -2.24. The quantitative estimate of drug-likeness (QED) is 0.676. The smallest absolute Gasteiger partial charge is 0.137 e. The predicted molar refractivity (Wildman–Crippen MR) is 112 cm³/mol. The van der Waals surface area contributed by atoms with Gasteiger partial charge < -0.3 is 5.32 Å². The lowest BCUT2D eigenvalue weighted by atomic mass is 9.85. The maximum atomic E-state index is 9.30. The Morgan fingerprint density at radius 1 is 0.929 bits per heavy atom. The van der Waals surface area contributed by atoms with Crippen molar-refractivity contribution >= 4 is 0 Å². The summed E-state index contributed by atoms with van der Waals surface area (Å²) in [6, 6.07) is 14.4. The minimum atomic E-state index is 0.171. The lowest BCUT2D eigenvalue weighted by Crippen LogP contribution is -2.19. The summed E-state index contributed by atoms with van der Waals surface area (Å²) in [5.74, 6) is 1.05. The van der Waals surface area contributed by atoms with E-state index in [4.69, 9.17) is 0 Å². The third-order valence-corrected chi connectivity index (χ3v) is 5.33. The molecule has 0 saturated heterocycles. The maximum absolute atomic E-state index is 9.30. The monoisotopic (exact) mass is 367 g/mol. The summed E-state index contributed by atoms with van der Waals surface area (Å²) in [5.41, 5.74) is 4.31. The molecule has 3 heteroatoms. The van der Waals surface area contributed by atoms with Gasteiger partial charge >= 0.3 is 0 Å². The highest BCUT2D eigenvalue weighted by molar-refractivity contribution is 5.53. The number of hydrogen-bond acceptors (Lipinski definition) is 3. The van der Waals surface area contributed by atoms with Gasteiger partial charge in [0.25, 0.3) is 0 Å². The normalized spacial score (nSPS) is 20.5. The van der Waals surface area contributed by atoms with Crippen molar-refractivity contribution in [2.45, 2.75) is 32.6 Å². The second kappa shape index (κ2) is 9.58. The zero-order chi connectivity index (χ0) is 19.8. The van der Waals surface area contributed by atoms with Crippen molar-refractivity contribution in [3.63, 3.8) is 0 Å². The molecule has 1 aliphatic carbocycles. The molecule has 2 atom stereocenters. The Morgan fingerprint density at radius 3 is 2.29 bits per heavy atom. The Hall–Kier alpha value is -3.30. The van der Waals surface area contributed by atoms with E-state index < -0.39 is 0 Å². The molecule has 1 aliphatic heterocycles. The van der Waals surface area contributed by atoms with E-state index >= 15 is 0 Å². The van der Waals surface area contributed by atoms with Crippen molar-refractivity contribution in [2.24, 2.45) is 11.8 Å². The first-order valence-electron chi connectivity index (χ1n) is 9.81. The van der Waals surface area contributed by atoms with Gasteiger partial charge in [0.1, 0.15) is 17.7 Å². The van der Waals surface area contributed by atoms with Gasteiger partial charge in [-0.1, -0.05) is 61.6 Å². The fraction of sp³-hybridized carbons (Fsp3) is 0.280. The highest BCUT2D eigenvalue weighted by Gasteiger charge is 2.17. The number of allylic oxidation sites excluding steroid dienone is 10. The number of rotatable bonds is 6. The molecule has 1 aromatic carbocycles. The molecule has 0 radical (unpaired) electrons. The summed E-state index contributed by atoms with van der Waals surface area (Å²) < 4.78 is 0. The minimum absolute atomic E-state index is 0.171. The molecule has 1 unspecified atom stereocenters. The Balaban J connectivity index is 1.72. The van der Waals surface area contributed by atoms with E-state index in [0.29, 0.717) is 17.4 Å². The van der Waals surface area contributed by atoms with Crippen molar-refractivity contribution in [1.29, 1.82) is 10.5 Å². The second-order valence-corrected chi connectivity index (χ2v) is 7.34. The Bertz CT molecular complexity index is 914. The van der Waals surface area contributed by atoms with Gasteiger partial charge in [-0.2, -0.15) is 10.5 Å². The average Bonchev–Trinajstić information content (AvgIpc) is 2.73. The van der Waals surface area contributed by atoms with Crippen LogP contribution in [0.2, 0.25) is 0 Å². The number of nitrogens with zero attached hydrogens (tertiary/aromatic N) is 2. The third-order valence-electron chi connectivity index (χ3n) is 5.33. The largest absolute Gasteiger partial charge is 0.362 e. The van der Waals surface area contributed by atoms with Crippen molar-refractivity contribution in [2.75, 3.05) is 0 Å². The molecule has 0 fully saturated rings. The Morgan fingerprint density at radius 2 is 1.61 bits per heavy atom. The van der Waals surface area contributed by atoms with E-state index in [1.165, 1.54) is 5.56 Å². The van der Waals surface area contributed by atoms with Crippen LogP contribution in [0, 0.1) is 34.5 Å². The fourth-order valence-electron chi connectivity index (χ4n) is 3.63. The highest BCUT2D eigenvalue weighted by atomic mass is 14.9. The van der Waals surface area contributed by atoms with Crippen molar-refractivity contribution < 1.29 is 0 Å². The molecule has 0 saturated carbocycles. The van der Waals surface area contributed by atoms with E-state index in [1.54, 1.807) is 0 Å². The molecule has 28 heavy (non-hydrogen) atoms. The van der Waals surface area contributed by atoms with Gasteiger partial charge in [-0.05, 0) is 55.2 Å². The topological polar surface area (TPSA) is 59.6 Å². The van der Waals surface area contributed by atoms with E-state index in [9.17, 15) is 10.5 Å². The summed E-state index contributed by atoms with van der Waals surface area (Å²) in [6.07, 6.45) is 16.3. The molecular formula is C25H25N3. The van der Waals surface area contributed by atoms with Crippen LogP contribution in [0.5, 0.6) is 0 Å². The number of nitriles is 2. The molecule has 3 nitrogen and oxygen atoms in total. The number of nitrogens with one attached hydrogen (secondary N) is 1. The van der Waals surface area contributed by atoms with Crippen molar-refractivity contribution in [3.05, 3.63) is 94.9 Å². The number of benzene rings is 1. The van der Waals surface area contributed by atoms with Gasteiger partial charge in [0, 0.05) is 17.0 Å². The van der Waals surface area contributed by atoms with Gasteiger partial charge in [0.2, 0.25) is 0 Å². The van der Waals surface area contributed by atoms with Crippen LogP contribution in [0.4, 0.5) is 0 Å². The van der Waals surface area contributed by atoms with Crippen molar-refractivity contribution in [3.8, 4) is 12.1 Å². The van der Waals surface area contributed by atoms with Gasteiger partial charge in [-0.15, -0.1) is 0 Å². The summed E-state index contributed by atoms with van der Waals surface area (Å²) in [5, 5.41) is 22.1. The highest BCUT2D eigenvalue weighted by Crippen LogP contribution is 2.28. The van der Waals surface area contributed by atoms with Crippen molar-refractivity contribution in [1.82, 2.24) is 5.32 Å². The van der Waals surface area contributed by atoms with Crippen LogP contribution in [-0.4, -0.2) is 0 Å². The van der Waals surface area contributed by atoms with Gasteiger partial charge in [0.05, 0.1) is 0 Å². The summed E-state index contributed by atoms with van der Waals surface area (Å²) >= 11 is 0. The Labute approximate surface area is 167 Å². The number of aryl methyl sites for hydroxylation is 1. The molecule has 0 spiro atoms. The summed E-state index contributed by atoms with van der Waals surface area (Å²) in [6.45, 7) is 2.24. The first-order chi connectivity index (χ1) is 13.7. The van der Waals surface area contributed by atoms with Crippen LogP contribution in [0.15, 0.2) is 89.3 Å². The first-order valence-corrected chi connectivity index (χ1v) is 9.81. The van der Waals surface area contributed by atoms with Gasteiger partial charge in [-0.25, -0.2) is 0 Å². The SMILES string of the molecule is C[C@@H]1C=CC=CC1CCC1=CC(=C(C#N)C#N)C=C(CCc2ccccc2)N1. The zero-order valence-corrected chi connectivity index (χ0v) is 16.2. The Kier molecular flexibility index (Phi) is 6.66. The molecule has 140 valence electrons. The summed E-state index contributed by atoms with van der Waals surface area (Å²) in [4.78, 5) is 0. The van der Waals surface area contributed by atoms with Crippen LogP contribution < -0.4 is 5.32 Å². The maximum Gasteiger partial charge on any atom is 0.137 e. The predicted octanol–water partition coefficient (Wildman–Crippen LogP) is 5.49. The molecule has 1 heterocycles. The van der Waals surface area contributed by atoms with Crippen LogP contribution in [0.25, 0.3) is 0 Å². The number of dihydropyridines is 1. The lowest BCUT2D eigenvalue weighted by molar-refractivity contribution is 0.466. The molecule has 0 bridgehead atoms. The standard InChI is InChI=1S/C25H25N3/c1-19-7-5-6-10-21(19)12-14-25-16-22(23(17-26)18-27)15-24(28-25)13-11-20-8-3-2-4-9-20/h2-10,15-16,19,21,28H,11-14H2,1H3/t19-,21?/m1/s1. The molecule has 1 aromatic rings. The van der Waals surface area contributed by atoms with E-state index in [2.05, 4.69) is 48.7 Å². The molecule has 2 aliphatic rings. The molecule has 1 N–H and O–H groups in total. The van der Waals surface area contributed by atoms with Crippen LogP contribution in [0.1, 0.15) is 31.7 Å². The van der Waals surface area contributed by atoms with E-state index in [1.807, 2.05) is 42.5 Å². The first kappa shape index (κ1) is 19.5. The zero-order valence-electron chi connectivity index (χ0n) is 16.2. The molecule has 3 rings (SSSR count). The van der Waals surface area contributed by atoms with Gasteiger partial charge in [0.15, 0.2) is 0 Å². The number of hydrogen-bond donors (Lipinski definition) is 1. The fourth-order valence-corrected chi connectivity index (χ4v) is 3.63. The van der Waals surface area contributed by atoms with Crippen LogP contribution in [-0.2, 0) is 6.42 Å². The molecule has 0 aromatic heterocycles. The summed E-state index contributed by atoms with van der Waals surface area (Å²) in [7, 11) is 0. The van der Waals surface area contributed by atoms with E-state index in [0.717, 1.165) is 37.1 Å². The minimum Gasteiger partial charge on any atom is -0.362 e. The molecular weight excluding hydrogens is 342 g/mol.